The summed E-state index contributed by atoms with van der Waals surface area (Å²) in [6.07, 6.45) is 3.91. The van der Waals surface area contributed by atoms with Gasteiger partial charge in [0.2, 0.25) is 0 Å². The van der Waals surface area contributed by atoms with Crippen molar-refractivity contribution in [2.75, 3.05) is 25.6 Å². The molecule has 0 radical (unpaired) electrons. The molecule has 3 rings (SSSR count). The normalized spacial score (nSPS) is 16.5. The maximum Gasteiger partial charge on any atom is 0.134 e. The fraction of sp³-hybridized carbons (Fsp3) is 0.400. The first kappa shape index (κ1) is 12.2. The van der Waals surface area contributed by atoms with Gasteiger partial charge >= 0.3 is 0 Å². The first-order chi connectivity index (χ1) is 9.36. The average molecular weight is 258 g/mol. The van der Waals surface area contributed by atoms with Gasteiger partial charge in [-0.25, -0.2) is 4.98 Å². The third-order valence-electron chi connectivity index (χ3n) is 3.53. The Labute approximate surface area is 112 Å². The third-order valence-corrected chi connectivity index (χ3v) is 3.53. The van der Waals surface area contributed by atoms with Crippen molar-refractivity contribution in [3.8, 4) is 5.75 Å². The molecule has 0 amide bonds. The van der Waals surface area contributed by atoms with Gasteiger partial charge in [-0.3, -0.25) is 0 Å². The van der Waals surface area contributed by atoms with Crippen LogP contribution >= 0.6 is 0 Å². The number of nitrogens with one attached hydrogen (secondary N) is 1. The predicted octanol–water partition coefficient (Wildman–Crippen LogP) is 2.83. The molecular formula is C15H18N2O2. The number of anilines is 1. The van der Waals surface area contributed by atoms with Crippen LogP contribution in [0.5, 0.6) is 5.75 Å². The summed E-state index contributed by atoms with van der Waals surface area (Å²) in [4.78, 5) is 4.46. The van der Waals surface area contributed by atoms with Gasteiger partial charge in [-0.15, -0.1) is 0 Å². The topological polar surface area (TPSA) is 43.4 Å². The number of methoxy groups -OCH3 is 1. The Balaban J connectivity index is 1.90. The summed E-state index contributed by atoms with van der Waals surface area (Å²) in [6.45, 7) is 1.66. The highest BCUT2D eigenvalue weighted by molar-refractivity contribution is 5.92. The number of nitrogens with zero attached hydrogens (tertiary/aromatic N) is 1. The largest absolute Gasteiger partial charge is 0.497 e. The molecule has 1 fully saturated rings. The Morgan fingerprint density at radius 3 is 2.89 bits per heavy atom. The van der Waals surface area contributed by atoms with Crippen molar-refractivity contribution < 1.29 is 9.47 Å². The van der Waals surface area contributed by atoms with Crippen LogP contribution < -0.4 is 10.1 Å². The minimum Gasteiger partial charge on any atom is -0.497 e. The van der Waals surface area contributed by atoms with Crippen LogP contribution in [0.3, 0.4) is 0 Å². The number of fused-ring (bicyclic) bond motifs is 1. The van der Waals surface area contributed by atoms with Crippen molar-refractivity contribution in [3.63, 3.8) is 0 Å². The molecule has 1 N–H and O–H groups in total. The predicted molar refractivity (Wildman–Crippen MR) is 75.8 cm³/mol. The Hall–Kier alpha value is -1.81. The molecule has 1 aliphatic heterocycles. The second-order valence-corrected chi connectivity index (χ2v) is 4.78. The van der Waals surface area contributed by atoms with Crippen LogP contribution in [-0.4, -0.2) is 31.3 Å². The molecule has 4 heteroatoms. The van der Waals surface area contributed by atoms with Gasteiger partial charge in [-0.2, -0.15) is 0 Å². The molecule has 0 atom stereocenters. The van der Waals surface area contributed by atoms with E-state index in [1.165, 1.54) is 0 Å². The molecule has 1 aliphatic rings. The summed E-state index contributed by atoms with van der Waals surface area (Å²) in [7, 11) is 1.68. The Kier molecular flexibility index (Phi) is 3.51. The molecule has 2 heterocycles. The van der Waals surface area contributed by atoms with E-state index in [0.29, 0.717) is 6.04 Å². The lowest BCUT2D eigenvalue weighted by Crippen LogP contribution is -2.28. The molecule has 0 unspecified atom stereocenters. The third kappa shape index (κ3) is 2.63. The summed E-state index contributed by atoms with van der Waals surface area (Å²) in [5.41, 5.74) is 0. The van der Waals surface area contributed by atoms with Crippen LogP contribution in [0.1, 0.15) is 12.8 Å². The molecule has 100 valence electrons. The molecule has 2 aromatic rings. The summed E-state index contributed by atoms with van der Waals surface area (Å²) < 4.78 is 10.6. The molecule has 0 bridgehead atoms. The second kappa shape index (κ2) is 5.45. The summed E-state index contributed by atoms with van der Waals surface area (Å²) >= 11 is 0. The van der Waals surface area contributed by atoms with Gasteiger partial charge < -0.3 is 14.8 Å². The molecule has 19 heavy (non-hydrogen) atoms. The molecule has 0 saturated carbocycles. The number of ether oxygens (including phenoxy) is 2. The highest BCUT2D eigenvalue weighted by Gasteiger charge is 2.15. The fourth-order valence-electron chi connectivity index (χ4n) is 2.43. The quantitative estimate of drug-likeness (QED) is 0.919. The molecule has 0 spiro atoms. The minimum absolute atomic E-state index is 0.453. The van der Waals surface area contributed by atoms with E-state index < -0.39 is 0 Å². The monoisotopic (exact) mass is 258 g/mol. The first-order valence-electron chi connectivity index (χ1n) is 6.64. The van der Waals surface area contributed by atoms with Crippen LogP contribution in [0.4, 0.5) is 5.82 Å². The molecule has 0 aliphatic carbocycles. The smallest absolute Gasteiger partial charge is 0.134 e. The Morgan fingerprint density at radius 2 is 2.11 bits per heavy atom. The summed E-state index contributed by atoms with van der Waals surface area (Å²) in [5.74, 6) is 1.82. The molecular weight excluding hydrogens is 240 g/mol. The van der Waals surface area contributed by atoms with Crippen molar-refractivity contribution >= 4 is 16.6 Å². The van der Waals surface area contributed by atoms with Gasteiger partial charge in [-0.05, 0) is 42.5 Å². The highest BCUT2D eigenvalue weighted by atomic mass is 16.5. The van der Waals surface area contributed by atoms with Gasteiger partial charge in [0.25, 0.3) is 0 Å². The number of benzene rings is 1. The van der Waals surface area contributed by atoms with E-state index in [2.05, 4.69) is 16.4 Å². The lowest BCUT2D eigenvalue weighted by atomic mass is 10.1. The zero-order valence-corrected chi connectivity index (χ0v) is 11.1. The van der Waals surface area contributed by atoms with Gasteiger partial charge in [-0.1, -0.05) is 0 Å². The van der Waals surface area contributed by atoms with E-state index in [4.69, 9.17) is 9.47 Å². The van der Waals surface area contributed by atoms with E-state index in [-0.39, 0.29) is 0 Å². The fourth-order valence-corrected chi connectivity index (χ4v) is 2.43. The average Bonchev–Trinajstić information content (AvgIpc) is 2.48. The van der Waals surface area contributed by atoms with Crippen molar-refractivity contribution in [3.05, 3.63) is 30.5 Å². The van der Waals surface area contributed by atoms with Crippen molar-refractivity contribution in [1.29, 1.82) is 0 Å². The van der Waals surface area contributed by atoms with Crippen molar-refractivity contribution in [2.24, 2.45) is 0 Å². The van der Waals surface area contributed by atoms with Gasteiger partial charge in [0.05, 0.1) is 7.11 Å². The number of hydrogen-bond acceptors (Lipinski definition) is 4. The minimum atomic E-state index is 0.453. The highest BCUT2D eigenvalue weighted by Crippen LogP contribution is 2.26. The van der Waals surface area contributed by atoms with E-state index in [0.717, 1.165) is 48.4 Å². The SMILES string of the molecule is COc1ccc2c(NC3CCOCC3)nccc2c1. The second-order valence-electron chi connectivity index (χ2n) is 4.78. The standard InChI is InChI=1S/C15H18N2O2/c1-18-13-2-3-14-11(10-13)4-7-16-15(14)17-12-5-8-19-9-6-12/h2-4,7,10,12H,5-6,8-9H2,1H3,(H,16,17). The van der Waals surface area contributed by atoms with Crippen molar-refractivity contribution in [1.82, 2.24) is 4.98 Å². The number of rotatable bonds is 3. The number of aromatic nitrogens is 1. The summed E-state index contributed by atoms with van der Waals surface area (Å²) in [6, 6.07) is 8.52. The lowest BCUT2D eigenvalue weighted by molar-refractivity contribution is 0.0904. The van der Waals surface area contributed by atoms with Crippen molar-refractivity contribution in [2.45, 2.75) is 18.9 Å². The molecule has 1 saturated heterocycles. The van der Waals surface area contributed by atoms with Crippen LogP contribution in [0.2, 0.25) is 0 Å². The number of hydrogen-bond donors (Lipinski definition) is 1. The molecule has 4 nitrogen and oxygen atoms in total. The molecule has 1 aromatic carbocycles. The van der Waals surface area contributed by atoms with Crippen LogP contribution in [-0.2, 0) is 4.74 Å². The lowest BCUT2D eigenvalue weighted by Gasteiger charge is -2.24. The van der Waals surface area contributed by atoms with E-state index >= 15 is 0 Å². The maximum atomic E-state index is 5.38. The van der Waals surface area contributed by atoms with Crippen LogP contribution in [0.15, 0.2) is 30.5 Å². The van der Waals surface area contributed by atoms with E-state index in [1.807, 2.05) is 24.4 Å². The Morgan fingerprint density at radius 1 is 1.26 bits per heavy atom. The number of pyridine rings is 1. The maximum absolute atomic E-state index is 5.38. The van der Waals surface area contributed by atoms with Crippen LogP contribution in [0.25, 0.3) is 10.8 Å². The first-order valence-corrected chi connectivity index (χ1v) is 6.64. The van der Waals surface area contributed by atoms with E-state index in [9.17, 15) is 0 Å². The molecule has 1 aromatic heterocycles. The van der Waals surface area contributed by atoms with Gasteiger partial charge in [0, 0.05) is 30.8 Å². The summed E-state index contributed by atoms with van der Waals surface area (Å²) in [5, 5.41) is 5.81. The van der Waals surface area contributed by atoms with Gasteiger partial charge in [0.1, 0.15) is 11.6 Å². The van der Waals surface area contributed by atoms with E-state index in [1.54, 1.807) is 7.11 Å². The zero-order chi connectivity index (χ0) is 13.1. The Bertz CT molecular complexity index is 565. The van der Waals surface area contributed by atoms with Crippen LogP contribution in [0, 0.1) is 0 Å². The zero-order valence-electron chi connectivity index (χ0n) is 11.1. The van der Waals surface area contributed by atoms with Gasteiger partial charge in [0.15, 0.2) is 0 Å².